The molecule has 1 aromatic heterocycles. The molecule has 0 unspecified atom stereocenters. The van der Waals surface area contributed by atoms with Crippen LogP contribution in [0.15, 0.2) is 18.5 Å². The lowest BCUT2D eigenvalue weighted by Gasteiger charge is -2.36. The molecule has 1 aromatic rings. The monoisotopic (exact) mass is 264 g/mol. The van der Waals surface area contributed by atoms with Crippen LogP contribution in [0.4, 0.5) is 11.4 Å². The van der Waals surface area contributed by atoms with Crippen molar-refractivity contribution in [3.05, 3.63) is 18.5 Å². The molecule has 1 saturated heterocycles. The summed E-state index contributed by atoms with van der Waals surface area (Å²) in [5.74, 6) is 0. The van der Waals surface area contributed by atoms with Gasteiger partial charge in [0.2, 0.25) is 0 Å². The highest BCUT2D eigenvalue weighted by Crippen LogP contribution is 2.22. The van der Waals surface area contributed by atoms with Crippen LogP contribution in [0.2, 0.25) is 0 Å². The summed E-state index contributed by atoms with van der Waals surface area (Å²) in [6.07, 6.45) is 4.65. The Bertz CT molecular complexity index is 377. The number of rotatable bonds is 6. The van der Waals surface area contributed by atoms with Gasteiger partial charge in [-0.25, -0.2) is 0 Å². The molecule has 1 aliphatic rings. The van der Waals surface area contributed by atoms with Crippen LogP contribution in [0.5, 0.6) is 0 Å². The number of anilines is 2. The number of pyridine rings is 1. The third-order valence-corrected chi connectivity index (χ3v) is 3.51. The van der Waals surface area contributed by atoms with Crippen LogP contribution in [0.1, 0.15) is 13.3 Å². The molecular weight excluding hydrogens is 240 g/mol. The van der Waals surface area contributed by atoms with Crippen LogP contribution in [0, 0.1) is 0 Å². The van der Waals surface area contributed by atoms with Crippen molar-refractivity contribution in [2.24, 2.45) is 0 Å². The highest BCUT2D eigenvalue weighted by atomic mass is 16.5. The fourth-order valence-electron chi connectivity index (χ4n) is 2.43. The van der Waals surface area contributed by atoms with E-state index in [1.807, 2.05) is 13.0 Å². The first-order valence-electron chi connectivity index (χ1n) is 7.05. The van der Waals surface area contributed by atoms with E-state index in [9.17, 15) is 0 Å². The van der Waals surface area contributed by atoms with Gasteiger partial charge in [-0.15, -0.1) is 0 Å². The van der Waals surface area contributed by atoms with Crippen molar-refractivity contribution < 1.29 is 4.74 Å². The van der Waals surface area contributed by atoms with E-state index in [-0.39, 0.29) is 0 Å². The highest BCUT2D eigenvalue weighted by Gasteiger charge is 2.18. The summed E-state index contributed by atoms with van der Waals surface area (Å²) in [6.45, 7) is 9.09. The topological polar surface area (TPSA) is 54.6 Å². The summed E-state index contributed by atoms with van der Waals surface area (Å²) < 4.78 is 5.37. The van der Waals surface area contributed by atoms with Gasteiger partial charge in [0.05, 0.1) is 17.6 Å². The Morgan fingerprint density at radius 3 is 2.79 bits per heavy atom. The second-order valence-electron chi connectivity index (χ2n) is 4.81. The predicted molar refractivity (Wildman–Crippen MR) is 78.4 cm³/mol. The molecule has 1 fully saturated rings. The Morgan fingerprint density at radius 2 is 2.11 bits per heavy atom. The van der Waals surface area contributed by atoms with Crippen LogP contribution in [-0.4, -0.2) is 55.8 Å². The largest absolute Gasteiger partial charge is 0.396 e. The van der Waals surface area contributed by atoms with E-state index < -0.39 is 0 Å². The van der Waals surface area contributed by atoms with Crippen molar-refractivity contribution in [2.45, 2.75) is 13.3 Å². The van der Waals surface area contributed by atoms with Crippen molar-refractivity contribution in [1.29, 1.82) is 0 Å². The molecule has 2 N–H and O–H groups in total. The zero-order chi connectivity index (χ0) is 13.5. The van der Waals surface area contributed by atoms with Gasteiger partial charge in [-0.1, -0.05) is 0 Å². The van der Waals surface area contributed by atoms with Crippen LogP contribution in [-0.2, 0) is 4.74 Å². The van der Waals surface area contributed by atoms with Crippen LogP contribution < -0.4 is 10.6 Å². The fourth-order valence-corrected chi connectivity index (χ4v) is 2.43. The molecule has 106 valence electrons. The van der Waals surface area contributed by atoms with Crippen molar-refractivity contribution >= 4 is 11.4 Å². The Kier molecular flexibility index (Phi) is 5.42. The van der Waals surface area contributed by atoms with Gasteiger partial charge in [0, 0.05) is 52.1 Å². The molecular formula is C14H24N4O. The van der Waals surface area contributed by atoms with Gasteiger partial charge in [-0.05, 0) is 19.4 Å². The SMILES string of the molecule is CCOCCCN1CCN(c2ccncc2N)CC1. The van der Waals surface area contributed by atoms with Crippen LogP contribution >= 0.6 is 0 Å². The lowest BCUT2D eigenvalue weighted by atomic mass is 10.2. The smallest absolute Gasteiger partial charge is 0.0738 e. The minimum absolute atomic E-state index is 0.771. The minimum Gasteiger partial charge on any atom is -0.396 e. The normalized spacial score (nSPS) is 16.8. The number of piperazine rings is 1. The molecule has 0 aliphatic carbocycles. The van der Waals surface area contributed by atoms with Crippen molar-refractivity contribution in [3.63, 3.8) is 0 Å². The average Bonchev–Trinajstić information content (AvgIpc) is 2.45. The fraction of sp³-hybridized carbons (Fsp3) is 0.643. The van der Waals surface area contributed by atoms with Gasteiger partial charge in [0.15, 0.2) is 0 Å². The number of nitrogens with zero attached hydrogens (tertiary/aromatic N) is 3. The number of nitrogen functional groups attached to an aromatic ring is 1. The molecule has 19 heavy (non-hydrogen) atoms. The summed E-state index contributed by atoms with van der Waals surface area (Å²) in [6, 6.07) is 2.00. The van der Waals surface area contributed by atoms with E-state index in [0.29, 0.717) is 0 Å². The van der Waals surface area contributed by atoms with Crippen LogP contribution in [0.25, 0.3) is 0 Å². The van der Waals surface area contributed by atoms with E-state index in [4.69, 9.17) is 10.5 Å². The molecule has 1 aliphatic heterocycles. The maximum Gasteiger partial charge on any atom is 0.0738 e. The molecule has 0 radical (unpaired) electrons. The Hall–Kier alpha value is -1.33. The second kappa shape index (κ2) is 7.31. The lowest BCUT2D eigenvalue weighted by Crippen LogP contribution is -2.47. The third kappa shape index (κ3) is 4.08. The number of hydrogen-bond donors (Lipinski definition) is 1. The lowest BCUT2D eigenvalue weighted by molar-refractivity contribution is 0.130. The van der Waals surface area contributed by atoms with Gasteiger partial charge < -0.3 is 15.4 Å². The summed E-state index contributed by atoms with van der Waals surface area (Å²) in [4.78, 5) is 8.87. The molecule has 0 atom stereocenters. The molecule has 2 heterocycles. The maximum absolute atomic E-state index is 5.97. The summed E-state index contributed by atoms with van der Waals surface area (Å²) in [7, 11) is 0. The van der Waals surface area contributed by atoms with E-state index in [1.54, 1.807) is 12.4 Å². The minimum atomic E-state index is 0.771. The molecule has 0 amide bonds. The Balaban J connectivity index is 1.75. The Morgan fingerprint density at radius 1 is 1.32 bits per heavy atom. The number of hydrogen-bond acceptors (Lipinski definition) is 5. The first-order valence-corrected chi connectivity index (χ1v) is 7.05. The van der Waals surface area contributed by atoms with E-state index in [2.05, 4.69) is 14.8 Å². The van der Waals surface area contributed by atoms with Crippen molar-refractivity contribution in [3.8, 4) is 0 Å². The first kappa shape index (κ1) is 14.1. The van der Waals surface area contributed by atoms with E-state index in [0.717, 1.165) is 63.7 Å². The number of ether oxygens (including phenoxy) is 1. The zero-order valence-corrected chi connectivity index (χ0v) is 11.7. The molecule has 0 aromatic carbocycles. The molecule has 2 rings (SSSR count). The van der Waals surface area contributed by atoms with E-state index >= 15 is 0 Å². The first-order chi connectivity index (χ1) is 9.31. The van der Waals surface area contributed by atoms with Crippen LogP contribution in [0.3, 0.4) is 0 Å². The molecule has 0 spiro atoms. The summed E-state index contributed by atoms with van der Waals surface area (Å²) in [5, 5.41) is 0. The zero-order valence-electron chi connectivity index (χ0n) is 11.7. The van der Waals surface area contributed by atoms with Gasteiger partial charge in [0.25, 0.3) is 0 Å². The third-order valence-electron chi connectivity index (χ3n) is 3.51. The second-order valence-corrected chi connectivity index (χ2v) is 4.81. The maximum atomic E-state index is 5.97. The Labute approximate surface area is 115 Å². The molecule has 0 saturated carbocycles. The summed E-state index contributed by atoms with van der Waals surface area (Å²) >= 11 is 0. The standard InChI is InChI=1S/C14H24N4O/c1-2-19-11-3-6-17-7-9-18(10-8-17)14-4-5-16-12-13(14)15/h4-5,12H,2-3,6-11,15H2,1H3. The van der Waals surface area contributed by atoms with Gasteiger partial charge >= 0.3 is 0 Å². The number of nitrogens with two attached hydrogens (primary N) is 1. The van der Waals surface area contributed by atoms with Gasteiger partial charge in [0.1, 0.15) is 0 Å². The average molecular weight is 264 g/mol. The highest BCUT2D eigenvalue weighted by molar-refractivity contribution is 5.66. The summed E-state index contributed by atoms with van der Waals surface area (Å²) in [5.41, 5.74) is 7.85. The quantitative estimate of drug-likeness (QED) is 0.783. The number of aromatic nitrogens is 1. The molecule has 0 bridgehead atoms. The predicted octanol–water partition coefficient (Wildman–Crippen LogP) is 1.21. The van der Waals surface area contributed by atoms with Crippen molar-refractivity contribution in [1.82, 2.24) is 9.88 Å². The van der Waals surface area contributed by atoms with Gasteiger partial charge in [-0.2, -0.15) is 0 Å². The van der Waals surface area contributed by atoms with Gasteiger partial charge in [-0.3, -0.25) is 9.88 Å². The molecule has 5 nitrogen and oxygen atoms in total. The molecule has 5 heteroatoms. The van der Waals surface area contributed by atoms with Crippen molar-refractivity contribution in [2.75, 3.05) is 56.6 Å². The van der Waals surface area contributed by atoms with E-state index in [1.165, 1.54) is 0 Å².